The van der Waals surface area contributed by atoms with E-state index in [1.807, 2.05) is 12.3 Å². The Bertz CT molecular complexity index is 608. The minimum atomic E-state index is -0.779. The summed E-state index contributed by atoms with van der Waals surface area (Å²) in [5.41, 5.74) is 0.922. The molecule has 0 aromatic carbocycles. The molecule has 0 bridgehead atoms. The number of rotatable bonds is 7. The van der Waals surface area contributed by atoms with Gasteiger partial charge in [-0.15, -0.1) is 11.3 Å². The van der Waals surface area contributed by atoms with Gasteiger partial charge >= 0.3 is 5.97 Å². The molecule has 7 heteroatoms. The van der Waals surface area contributed by atoms with Crippen molar-refractivity contribution in [1.29, 1.82) is 0 Å². The quantitative estimate of drug-likeness (QED) is 0.788. The van der Waals surface area contributed by atoms with Crippen LogP contribution < -0.4 is 5.32 Å². The van der Waals surface area contributed by atoms with Crippen molar-refractivity contribution in [3.8, 4) is 0 Å². The summed E-state index contributed by atoms with van der Waals surface area (Å²) in [6.45, 7) is 2.85. The molecule has 126 valence electrons. The van der Waals surface area contributed by atoms with Gasteiger partial charge in [0.1, 0.15) is 4.88 Å². The first-order valence-corrected chi connectivity index (χ1v) is 9.20. The summed E-state index contributed by atoms with van der Waals surface area (Å²) < 4.78 is 0. The number of carboxylic acid groups (broad SMARTS) is 1. The molecule has 2 saturated carbocycles. The van der Waals surface area contributed by atoms with E-state index >= 15 is 0 Å². The maximum absolute atomic E-state index is 12.2. The van der Waals surface area contributed by atoms with Crippen molar-refractivity contribution in [3.63, 3.8) is 0 Å². The molecule has 2 N–H and O–H groups in total. The molecule has 1 aromatic rings. The number of thiophene rings is 1. The first kappa shape index (κ1) is 16.7. The van der Waals surface area contributed by atoms with E-state index in [2.05, 4.69) is 10.2 Å². The fourth-order valence-electron chi connectivity index (χ4n) is 2.99. The molecule has 0 saturated heterocycles. The number of aryl methyl sites for hydroxylation is 1. The highest BCUT2D eigenvalue weighted by Crippen LogP contribution is 2.34. The maximum atomic E-state index is 12.2. The van der Waals surface area contributed by atoms with E-state index in [-0.39, 0.29) is 24.5 Å². The Morgan fingerprint density at radius 1 is 1.43 bits per heavy atom. The predicted molar refractivity (Wildman–Crippen MR) is 90.3 cm³/mol. The normalized spacial score (nSPS) is 23.6. The van der Waals surface area contributed by atoms with Crippen molar-refractivity contribution in [2.75, 3.05) is 13.1 Å². The molecule has 0 aliphatic heterocycles. The van der Waals surface area contributed by atoms with Gasteiger partial charge in [-0.2, -0.15) is 0 Å². The molecule has 5 nitrogen and oxygen atoms in total. The molecule has 0 spiro atoms. The van der Waals surface area contributed by atoms with Crippen molar-refractivity contribution in [2.24, 2.45) is 5.92 Å². The van der Waals surface area contributed by atoms with E-state index in [0.29, 0.717) is 15.8 Å². The molecule has 0 atom stereocenters. The van der Waals surface area contributed by atoms with Crippen molar-refractivity contribution < 1.29 is 14.7 Å². The number of aliphatic carboxylic acids is 1. The third-order valence-corrected chi connectivity index (χ3v) is 6.29. The molecule has 1 heterocycles. The van der Waals surface area contributed by atoms with Crippen LogP contribution in [0.5, 0.6) is 0 Å². The zero-order valence-corrected chi connectivity index (χ0v) is 14.6. The van der Waals surface area contributed by atoms with Crippen LogP contribution in [0.1, 0.15) is 40.9 Å². The highest BCUT2D eigenvalue weighted by atomic mass is 35.5. The molecule has 1 aromatic heterocycles. The summed E-state index contributed by atoms with van der Waals surface area (Å²) in [6, 6.07) is 0.374. The average molecular weight is 357 g/mol. The lowest BCUT2D eigenvalue weighted by atomic mass is 9.85. The van der Waals surface area contributed by atoms with Crippen LogP contribution in [0.3, 0.4) is 0 Å². The number of amides is 1. The smallest absolute Gasteiger partial charge is 0.317 e. The largest absolute Gasteiger partial charge is 0.480 e. The fourth-order valence-corrected chi connectivity index (χ4v) is 4.17. The molecule has 3 rings (SSSR count). The number of hydrogen-bond acceptors (Lipinski definition) is 4. The van der Waals surface area contributed by atoms with Gasteiger partial charge in [0, 0.05) is 18.6 Å². The number of carbonyl (C=O) groups is 2. The second-order valence-corrected chi connectivity index (χ2v) is 7.88. The number of halogens is 1. The summed E-state index contributed by atoms with van der Waals surface area (Å²) in [7, 11) is 0. The molecule has 1 amide bonds. The van der Waals surface area contributed by atoms with Crippen LogP contribution in [0, 0.1) is 12.8 Å². The minimum Gasteiger partial charge on any atom is -0.480 e. The summed E-state index contributed by atoms with van der Waals surface area (Å²) in [4.78, 5) is 25.9. The zero-order valence-electron chi connectivity index (χ0n) is 13.0. The standard InChI is InChI=1S/C16H21ClN2O3S/c1-9-8-23-15(14(9)17)16(22)18-11-4-12(5-11)19(7-13(20)21)6-10-2-3-10/h8,10-12H,2-7H2,1H3,(H,18,22)(H,20,21). The van der Waals surface area contributed by atoms with E-state index in [1.165, 1.54) is 24.2 Å². The molecule has 23 heavy (non-hydrogen) atoms. The number of hydrogen-bond donors (Lipinski definition) is 2. The summed E-state index contributed by atoms with van der Waals surface area (Å²) in [6.07, 6.45) is 4.04. The Hall–Kier alpha value is -1.11. The Morgan fingerprint density at radius 3 is 2.65 bits per heavy atom. The highest BCUT2D eigenvalue weighted by molar-refractivity contribution is 7.13. The van der Waals surface area contributed by atoms with Crippen molar-refractivity contribution in [2.45, 2.75) is 44.7 Å². The van der Waals surface area contributed by atoms with Crippen LogP contribution in [-0.4, -0.2) is 47.1 Å². The minimum absolute atomic E-state index is 0.0950. The molecule has 0 radical (unpaired) electrons. The van der Waals surface area contributed by atoms with Crippen LogP contribution in [0.4, 0.5) is 0 Å². The summed E-state index contributed by atoms with van der Waals surface area (Å²) in [5.74, 6) is -0.238. The molecular weight excluding hydrogens is 336 g/mol. The fraction of sp³-hybridized carbons (Fsp3) is 0.625. The first-order valence-electron chi connectivity index (χ1n) is 7.94. The SMILES string of the molecule is Cc1csc(C(=O)NC2CC(N(CC(=O)O)CC3CC3)C2)c1Cl. The first-order chi connectivity index (χ1) is 10.9. The summed E-state index contributed by atoms with van der Waals surface area (Å²) >= 11 is 7.49. The van der Waals surface area contributed by atoms with Crippen LogP contribution in [0.2, 0.25) is 5.02 Å². The highest BCUT2D eigenvalue weighted by Gasteiger charge is 2.38. The Morgan fingerprint density at radius 2 is 2.13 bits per heavy atom. The third-order valence-electron chi connectivity index (χ3n) is 4.60. The number of nitrogens with one attached hydrogen (secondary N) is 1. The van der Waals surface area contributed by atoms with Crippen molar-refractivity contribution >= 4 is 34.8 Å². The Balaban J connectivity index is 1.50. The second kappa shape index (κ2) is 6.79. The van der Waals surface area contributed by atoms with Gasteiger partial charge in [-0.05, 0) is 49.5 Å². The molecular formula is C16H21ClN2O3S. The lowest BCUT2D eigenvalue weighted by Crippen LogP contribution is -2.55. The maximum Gasteiger partial charge on any atom is 0.317 e. The molecule has 2 fully saturated rings. The van der Waals surface area contributed by atoms with E-state index in [1.54, 1.807) is 0 Å². The van der Waals surface area contributed by atoms with E-state index < -0.39 is 5.97 Å². The van der Waals surface area contributed by atoms with Gasteiger partial charge in [0.05, 0.1) is 11.6 Å². The number of carbonyl (C=O) groups excluding carboxylic acids is 1. The third kappa shape index (κ3) is 4.05. The van der Waals surface area contributed by atoms with Crippen LogP contribution in [-0.2, 0) is 4.79 Å². The predicted octanol–water partition coefficient (Wildman–Crippen LogP) is 2.77. The molecule has 2 aliphatic carbocycles. The van der Waals surface area contributed by atoms with E-state index in [9.17, 15) is 9.59 Å². The van der Waals surface area contributed by atoms with Crippen LogP contribution in [0.15, 0.2) is 5.38 Å². The van der Waals surface area contributed by atoms with E-state index in [0.717, 1.165) is 24.9 Å². The molecule has 2 aliphatic rings. The van der Waals surface area contributed by atoms with Crippen molar-refractivity contribution in [3.05, 3.63) is 20.8 Å². The second-order valence-electron chi connectivity index (χ2n) is 6.62. The van der Waals surface area contributed by atoms with Crippen LogP contribution >= 0.6 is 22.9 Å². The van der Waals surface area contributed by atoms with Gasteiger partial charge in [0.25, 0.3) is 5.91 Å². The van der Waals surface area contributed by atoms with Gasteiger partial charge in [0.2, 0.25) is 0 Å². The van der Waals surface area contributed by atoms with E-state index in [4.69, 9.17) is 16.7 Å². The van der Waals surface area contributed by atoms with Gasteiger partial charge < -0.3 is 10.4 Å². The van der Waals surface area contributed by atoms with Gasteiger partial charge in [-0.3, -0.25) is 14.5 Å². The number of nitrogens with zero attached hydrogens (tertiary/aromatic N) is 1. The lowest BCUT2D eigenvalue weighted by Gasteiger charge is -2.42. The Labute approximate surface area is 144 Å². The summed E-state index contributed by atoms with van der Waals surface area (Å²) in [5, 5.41) is 14.5. The van der Waals surface area contributed by atoms with Gasteiger partial charge in [-0.25, -0.2) is 0 Å². The number of carboxylic acids is 1. The topological polar surface area (TPSA) is 69.6 Å². The average Bonchev–Trinajstić information content (AvgIpc) is 3.18. The van der Waals surface area contributed by atoms with Gasteiger partial charge in [0.15, 0.2) is 0 Å². The monoisotopic (exact) mass is 356 g/mol. The van der Waals surface area contributed by atoms with Crippen molar-refractivity contribution in [1.82, 2.24) is 10.2 Å². The van der Waals surface area contributed by atoms with Crippen LogP contribution in [0.25, 0.3) is 0 Å². The lowest BCUT2D eigenvalue weighted by molar-refractivity contribution is -0.139. The molecule has 0 unspecified atom stereocenters. The van der Waals surface area contributed by atoms with Gasteiger partial charge in [-0.1, -0.05) is 11.6 Å². The Kier molecular flexibility index (Phi) is 4.94. The zero-order chi connectivity index (χ0) is 16.6.